The van der Waals surface area contributed by atoms with Gasteiger partial charge in [0.1, 0.15) is 11.3 Å². The maximum atomic E-state index is 5.17. The van der Waals surface area contributed by atoms with Crippen LogP contribution in [-0.2, 0) is 0 Å². The Morgan fingerprint density at radius 3 is 2.74 bits per heavy atom. The Morgan fingerprint density at radius 1 is 1.22 bits per heavy atom. The van der Waals surface area contributed by atoms with Crippen LogP contribution in [0.2, 0.25) is 0 Å². The minimum absolute atomic E-state index is 0.538. The molecular weight excluding hydrogens is 310 g/mol. The van der Waals surface area contributed by atoms with Crippen molar-refractivity contribution < 1.29 is 0 Å². The molecule has 3 rings (SSSR count). The van der Waals surface area contributed by atoms with Crippen LogP contribution >= 0.6 is 12.2 Å². The molecule has 0 radical (unpaired) electrons. The summed E-state index contributed by atoms with van der Waals surface area (Å²) in [6, 6.07) is 3.98. The van der Waals surface area contributed by atoms with E-state index in [1.165, 1.54) is 0 Å². The molecule has 122 valence electrons. The minimum atomic E-state index is 0.538. The van der Waals surface area contributed by atoms with Gasteiger partial charge in [0.15, 0.2) is 16.6 Å². The third-order valence-electron chi connectivity index (χ3n) is 3.80. The number of fused-ring (bicyclic) bond motifs is 1. The van der Waals surface area contributed by atoms with Crippen LogP contribution in [0.3, 0.4) is 0 Å². The quantitative estimate of drug-likeness (QED) is 0.810. The largest absolute Gasteiger partial charge is 0.363 e. The highest BCUT2D eigenvalue weighted by Gasteiger charge is 2.16. The van der Waals surface area contributed by atoms with Crippen LogP contribution in [0.25, 0.3) is 11.2 Å². The van der Waals surface area contributed by atoms with Gasteiger partial charge in [-0.05, 0) is 38.3 Å². The Kier molecular flexibility index (Phi) is 4.82. The van der Waals surface area contributed by atoms with E-state index in [4.69, 9.17) is 12.2 Å². The van der Waals surface area contributed by atoms with Gasteiger partial charge in [0.2, 0.25) is 0 Å². The molecule has 0 amide bonds. The SMILES string of the molecule is CCNC(=S)Nc1cnc2ccc(N3CCN(C)CC3)nc2n1. The van der Waals surface area contributed by atoms with Crippen LogP contribution in [0.15, 0.2) is 18.3 Å². The van der Waals surface area contributed by atoms with Crippen molar-refractivity contribution in [3.63, 3.8) is 0 Å². The average Bonchev–Trinajstić information content (AvgIpc) is 2.55. The summed E-state index contributed by atoms with van der Waals surface area (Å²) in [6.07, 6.45) is 1.67. The Morgan fingerprint density at radius 2 is 2.00 bits per heavy atom. The summed E-state index contributed by atoms with van der Waals surface area (Å²) in [4.78, 5) is 18.2. The maximum Gasteiger partial charge on any atom is 0.182 e. The van der Waals surface area contributed by atoms with Gasteiger partial charge in [-0.2, -0.15) is 0 Å². The predicted octanol–water partition coefficient (Wildman–Crippen LogP) is 1.08. The van der Waals surface area contributed by atoms with Crippen LogP contribution in [-0.4, -0.2) is 64.7 Å². The normalized spacial score (nSPS) is 15.7. The van der Waals surface area contributed by atoms with E-state index in [9.17, 15) is 0 Å². The molecule has 0 bridgehead atoms. The smallest absolute Gasteiger partial charge is 0.182 e. The lowest BCUT2D eigenvalue weighted by Gasteiger charge is -2.33. The number of aromatic nitrogens is 3. The van der Waals surface area contributed by atoms with Gasteiger partial charge in [0.05, 0.1) is 6.20 Å². The van der Waals surface area contributed by atoms with E-state index in [2.05, 4.69) is 42.4 Å². The summed E-state index contributed by atoms with van der Waals surface area (Å²) in [5.74, 6) is 1.55. The number of pyridine rings is 1. The second-order valence-electron chi connectivity index (χ2n) is 5.54. The molecule has 1 aliphatic heterocycles. The molecule has 0 aromatic carbocycles. The molecule has 0 unspecified atom stereocenters. The molecule has 1 fully saturated rings. The van der Waals surface area contributed by atoms with Crippen molar-refractivity contribution in [2.75, 3.05) is 50.0 Å². The predicted molar refractivity (Wildman–Crippen MR) is 96.9 cm³/mol. The van der Waals surface area contributed by atoms with Gasteiger partial charge in [0.25, 0.3) is 0 Å². The van der Waals surface area contributed by atoms with E-state index in [1.54, 1.807) is 6.20 Å². The van der Waals surface area contributed by atoms with E-state index in [0.717, 1.165) is 44.1 Å². The standard InChI is InChI=1S/C15H21N7S/c1-3-16-15(23)19-12-10-17-11-4-5-13(20-14(11)18-12)22-8-6-21(2)7-9-22/h4-5,10H,3,6-9H2,1-2H3,(H2,16,18,19,20,23). The van der Waals surface area contributed by atoms with Crippen molar-refractivity contribution in [3.8, 4) is 0 Å². The van der Waals surface area contributed by atoms with Gasteiger partial charge in [-0.3, -0.25) is 0 Å². The molecule has 0 spiro atoms. The second kappa shape index (κ2) is 7.01. The van der Waals surface area contributed by atoms with Gasteiger partial charge < -0.3 is 20.4 Å². The van der Waals surface area contributed by atoms with Gasteiger partial charge in [-0.15, -0.1) is 0 Å². The zero-order valence-electron chi connectivity index (χ0n) is 13.4. The number of hydrogen-bond donors (Lipinski definition) is 2. The molecule has 2 aromatic rings. The third kappa shape index (κ3) is 3.83. The molecule has 8 heteroatoms. The number of thiocarbonyl (C=S) groups is 1. The fraction of sp³-hybridized carbons (Fsp3) is 0.467. The van der Waals surface area contributed by atoms with Crippen LogP contribution in [0, 0.1) is 0 Å². The molecule has 2 N–H and O–H groups in total. The molecule has 0 aliphatic carbocycles. The molecule has 7 nitrogen and oxygen atoms in total. The number of anilines is 2. The number of nitrogens with one attached hydrogen (secondary N) is 2. The van der Waals surface area contributed by atoms with Crippen molar-refractivity contribution in [1.82, 2.24) is 25.2 Å². The van der Waals surface area contributed by atoms with Crippen molar-refractivity contribution >= 4 is 40.1 Å². The summed E-state index contributed by atoms with van der Waals surface area (Å²) in [5.41, 5.74) is 1.41. The molecule has 2 aromatic heterocycles. The summed E-state index contributed by atoms with van der Waals surface area (Å²) >= 11 is 5.17. The fourth-order valence-electron chi connectivity index (χ4n) is 2.48. The lowest BCUT2D eigenvalue weighted by atomic mass is 10.3. The van der Waals surface area contributed by atoms with Crippen LogP contribution < -0.4 is 15.5 Å². The third-order valence-corrected chi connectivity index (χ3v) is 4.04. The number of piperazine rings is 1. The first kappa shape index (κ1) is 15.8. The van der Waals surface area contributed by atoms with E-state index in [0.29, 0.717) is 16.6 Å². The molecule has 1 saturated heterocycles. The van der Waals surface area contributed by atoms with Crippen LogP contribution in [0.4, 0.5) is 11.6 Å². The highest BCUT2D eigenvalue weighted by molar-refractivity contribution is 7.80. The van der Waals surface area contributed by atoms with Crippen molar-refractivity contribution in [2.24, 2.45) is 0 Å². The minimum Gasteiger partial charge on any atom is -0.363 e. The molecule has 3 heterocycles. The lowest BCUT2D eigenvalue weighted by molar-refractivity contribution is 0.312. The zero-order chi connectivity index (χ0) is 16.2. The number of hydrogen-bond acceptors (Lipinski definition) is 6. The molecule has 23 heavy (non-hydrogen) atoms. The summed E-state index contributed by atoms with van der Waals surface area (Å²) in [5, 5.41) is 6.59. The highest BCUT2D eigenvalue weighted by Crippen LogP contribution is 2.18. The highest BCUT2D eigenvalue weighted by atomic mass is 32.1. The lowest BCUT2D eigenvalue weighted by Crippen LogP contribution is -2.44. The van der Waals surface area contributed by atoms with Gasteiger partial charge in [-0.1, -0.05) is 0 Å². The summed E-state index contributed by atoms with van der Waals surface area (Å²) < 4.78 is 0. The molecule has 1 aliphatic rings. The van der Waals surface area contributed by atoms with Crippen LogP contribution in [0.5, 0.6) is 0 Å². The maximum absolute atomic E-state index is 5.17. The second-order valence-corrected chi connectivity index (χ2v) is 5.95. The number of rotatable bonds is 3. The Bertz CT molecular complexity index is 697. The van der Waals surface area contributed by atoms with Gasteiger partial charge in [0, 0.05) is 32.7 Å². The van der Waals surface area contributed by atoms with E-state index >= 15 is 0 Å². The first-order valence-electron chi connectivity index (χ1n) is 7.78. The van der Waals surface area contributed by atoms with E-state index in [1.807, 2.05) is 19.1 Å². The first-order chi connectivity index (χ1) is 11.2. The van der Waals surface area contributed by atoms with Gasteiger partial charge >= 0.3 is 0 Å². The van der Waals surface area contributed by atoms with E-state index in [-0.39, 0.29) is 0 Å². The fourth-order valence-corrected chi connectivity index (χ4v) is 2.73. The molecule has 0 atom stereocenters. The zero-order valence-corrected chi connectivity index (χ0v) is 14.2. The average molecular weight is 331 g/mol. The Labute approximate surface area is 141 Å². The van der Waals surface area contributed by atoms with Crippen molar-refractivity contribution in [1.29, 1.82) is 0 Å². The van der Waals surface area contributed by atoms with Gasteiger partial charge in [-0.25, -0.2) is 15.0 Å². The van der Waals surface area contributed by atoms with E-state index < -0.39 is 0 Å². The Hall–Kier alpha value is -2.06. The number of nitrogens with zero attached hydrogens (tertiary/aromatic N) is 5. The molecular formula is C15H21N7S. The van der Waals surface area contributed by atoms with Crippen molar-refractivity contribution in [3.05, 3.63) is 18.3 Å². The Balaban J connectivity index is 1.81. The summed E-state index contributed by atoms with van der Waals surface area (Å²) in [7, 11) is 2.14. The molecule has 0 saturated carbocycles. The number of likely N-dealkylation sites (N-methyl/N-ethyl adjacent to an activating group) is 1. The van der Waals surface area contributed by atoms with Crippen LogP contribution in [0.1, 0.15) is 6.92 Å². The topological polar surface area (TPSA) is 69.2 Å². The summed E-state index contributed by atoms with van der Waals surface area (Å²) in [6.45, 7) is 6.80. The van der Waals surface area contributed by atoms with Crippen molar-refractivity contribution in [2.45, 2.75) is 6.92 Å². The first-order valence-corrected chi connectivity index (χ1v) is 8.18. The monoisotopic (exact) mass is 331 g/mol.